The Morgan fingerprint density at radius 1 is 1.56 bits per heavy atom. The van der Waals surface area contributed by atoms with Crippen LogP contribution in [-0.2, 0) is 0 Å². The fraction of sp³-hybridized carbons (Fsp3) is 0.417. The van der Waals surface area contributed by atoms with Crippen molar-refractivity contribution in [3.05, 3.63) is 21.9 Å². The molecule has 1 aromatic rings. The molecule has 3 nitrogen and oxygen atoms in total. The first-order valence-electron chi connectivity index (χ1n) is 5.14. The Bertz CT molecular complexity index is 412. The molecule has 0 aliphatic carbocycles. The summed E-state index contributed by atoms with van der Waals surface area (Å²) >= 11 is 1.37. The van der Waals surface area contributed by atoms with Crippen molar-refractivity contribution in [1.82, 2.24) is 5.32 Å². The molecule has 0 unspecified atom stereocenters. The summed E-state index contributed by atoms with van der Waals surface area (Å²) in [6.45, 7) is 3.92. The number of aliphatic hydroxyl groups is 1. The smallest absolute Gasteiger partial charge is 0.261 e. The Balaban J connectivity index is 2.65. The van der Waals surface area contributed by atoms with Crippen LogP contribution in [0.15, 0.2) is 12.1 Å². The van der Waals surface area contributed by atoms with Gasteiger partial charge in [-0.3, -0.25) is 4.79 Å². The van der Waals surface area contributed by atoms with Gasteiger partial charge in [0.15, 0.2) is 0 Å². The van der Waals surface area contributed by atoms with Gasteiger partial charge in [0.2, 0.25) is 0 Å². The second kappa shape index (κ2) is 6.31. The van der Waals surface area contributed by atoms with Crippen LogP contribution in [-0.4, -0.2) is 23.7 Å². The Labute approximate surface area is 99.5 Å². The fourth-order valence-electron chi connectivity index (χ4n) is 1.07. The van der Waals surface area contributed by atoms with Crippen LogP contribution in [0.1, 0.15) is 34.8 Å². The Morgan fingerprint density at radius 2 is 2.31 bits per heavy atom. The van der Waals surface area contributed by atoms with Crippen molar-refractivity contribution in [1.29, 1.82) is 0 Å². The zero-order valence-corrected chi connectivity index (χ0v) is 10.2. The zero-order chi connectivity index (χ0) is 12.0. The standard InChI is InChI=1S/C12H15NO2S/c1-9(2)13-12(15)11-7-6-10(16-11)5-3-4-8-14/h6-7,9,14H,4,8H2,1-2H3,(H,13,15). The van der Waals surface area contributed by atoms with Crippen LogP contribution in [0.5, 0.6) is 0 Å². The van der Waals surface area contributed by atoms with E-state index in [1.54, 1.807) is 6.07 Å². The van der Waals surface area contributed by atoms with Gasteiger partial charge in [-0.1, -0.05) is 11.8 Å². The van der Waals surface area contributed by atoms with E-state index in [2.05, 4.69) is 17.2 Å². The third-order valence-electron chi connectivity index (χ3n) is 1.70. The number of carbonyl (C=O) groups is 1. The van der Waals surface area contributed by atoms with E-state index in [1.807, 2.05) is 19.9 Å². The predicted molar refractivity (Wildman–Crippen MR) is 65.5 cm³/mol. The molecule has 2 N–H and O–H groups in total. The lowest BCUT2D eigenvalue weighted by Gasteiger charge is -2.05. The molecule has 0 saturated carbocycles. The van der Waals surface area contributed by atoms with E-state index >= 15 is 0 Å². The van der Waals surface area contributed by atoms with Crippen molar-refractivity contribution in [2.75, 3.05) is 6.61 Å². The van der Waals surface area contributed by atoms with E-state index in [1.165, 1.54) is 11.3 Å². The summed E-state index contributed by atoms with van der Waals surface area (Å²) in [5.74, 6) is 5.67. The maximum Gasteiger partial charge on any atom is 0.261 e. The van der Waals surface area contributed by atoms with Gasteiger partial charge in [0.05, 0.1) is 16.4 Å². The van der Waals surface area contributed by atoms with Gasteiger partial charge in [0.1, 0.15) is 0 Å². The summed E-state index contributed by atoms with van der Waals surface area (Å²) < 4.78 is 0. The number of amides is 1. The lowest BCUT2D eigenvalue weighted by Crippen LogP contribution is -2.29. The summed E-state index contributed by atoms with van der Waals surface area (Å²) in [5, 5.41) is 11.4. The molecule has 0 fully saturated rings. The molecule has 0 aliphatic heterocycles. The van der Waals surface area contributed by atoms with E-state index in [4.69, 9.17) is 5.11 Å². The second-order valence-corrected chi connectivity index (χ2v) is 4.65. The van der Waals surface area contributed by atoms with Gasteiger partial charge in [0, 0.05) is 12.5 Å². The number of carbonyl (C=O) groups excluding carboxylic acids is 1. The van der Waals surface area contributed by atoms with Gasteiger partial charge in [-0.05, 0) is 26.0 Å². The van der Waals surface area contributed by atoms with Crippen molar-refractivity contribution in [2.45, 2.75) is 26.3 Å². The van der Waals surface area contributed by atoms with Gasteiger partial charge in [0.25, 0.3) is 5.91 Å². The lowest BCUT2D eigenvalue weighted by atomic mass is 10.3. The zero-order valence-electron chi connectivity index (χ0n) is 9.41. The number of thiophene rings is 1. The number of hydrogen-bond acceptors (Lipinski definition) is 3. The average molecular weight is 237 g/mol. The Morgan fingerprint density at radius 3 is 2.94 bits per heavy atom. The Hall–Kier alpha value is -1.31. The maximum absolute atomic E-state index is 11.6. The molecule has 4 heteroatoms. The first-order chi connectivity index (χ1) is 7.63. The predicted octanol–water partition coefficient (Wildman–Crippen LogP) is 1.62. The van der Waals surface area contributed by atoms with Crippen LogP contribution in [0, 0.1) is 11.8 Å². The molecular formula is C12H15NO2S. The van der Waals surface area contributed by atoms with E-state index < -0.39 is 0 Å². The number of hydrogen-bond donors (Lipinski definition) is 2. The van der Waals surface area contributed by atoms with Gasteiger partial charge in [-0.15, -0.1) is 11.3 Å². The van der Waals surface area contributed by atoms with Crippen LogP contribution in [0.2, 0.25) is 0 Å². The highest BCUT2D eigenvalue weighted by Gasteiger charge is 2.08. The third-order valence-corrected chi connectivity index (χ3v) is 2.70. The highest BCUT2D eigenvalue weighted by Crippen LogP contribution is 2.15. The van der Waals surface area contributed by atoms with Gasteiger partial charge >= 0.3 is 0 Å². The van der Waals surface area contributed by atoms with Crippen LogP contribution < -0.4 is 5.32 Å². The molecule has 86 valence electrons. The highest BCUT2D eigenvalue weighted by molar-refractivity contribution is 7.14. The minimum Gasteiger partial charge on any atom is -0.395 e. The Kier molecular flexibility index (Phi) is 5.03. The van der Waals surface area contributed by atoms with Crippen molar-refractivity contribution in [3.63, 3.8) is 0 Å². The second-order valence-electron chi connectivity index (χ2n) is 3.57. The lowest BCUT2D eigenvalue weighted by molar-refractivity contribution is 0.0947. The maximum atomic E-state index is 11.6. The van der Waals surface area contributed by atoms with E-state index in [0.29, 0.717) is 11.3 Å². The minimum absolute atomic E-state index is 0.0600. The molecule has 0 radical (unpaired) electrons. The van der Waals surface area contributed by atoms with Gasteiger partial charge in [-0.2, -0.15) is 0 Å². The SMILES string of the molecule is CC(C)NC(=O)c1ccc(C#CCCO)s1. The first kappa shape index (κ1) is 12.8. The fourth-order valence-corrected chi connectivity index (χ4v) is 1.85. The van der Waals surface area contributed by atoms with Crippen molar-refractivity contribution < 1.29 is 9.90 Å². The van der Waals surface area contributed by atoms with E-state index in [9.17, 15) is 4.79 Å². The molecule has 0 aliphatic rings. The van der Waals surface area contributed by atoms with E-state index in [-0.39, 0.29) is 18.6 Å². The molecule has 1 rings (SSSR count). The van der Waals surface area contributed by atoms with Crippen molar-refractivity contribution in [3.8, 4) is 11.8 Å². The van der Waals surface area contributed by atoms with Crippen molar-refractivity contribution in [2.24, 2.45) is 0 Å². The van der Waals surface area contributed by atoms with Crippen LogP contribution in [0.25, 0.3) is 0 Å². The molecule has 1 heterocycles. The van der Waals surface area contributed by atoms with E-state index in [0.717, 1.165) is 4.88 Å². The van der Waals surface area contributed by atoms with Crippen LogP contribution >= 0.6 is 11.3 Å². The molecule has 1 amide bonds. The number of aliphatic hydroxyl groups excluding tert-OH is 1. The largest absolute Gasteiger partial charge is 0.395 e. The minimum atomic E-state index is -0.0600. The quantitative estimate of drug-likeness (QED) is 0.785. The summed E-state index contributed by atoms with van der Waals surface area (Å²) in [4.78, 5) is 13.1. The first-order valence-corrected chi connectivity index (χ1v) is 5.95. The summed E-state index contributed by atoms with van der Waals surface area (Å²) in [6.07, 6.45) is 0.464. The molecule has 0 spiro atoms. The summed E-state index contributed by atoms with van der Waals surface area (Å²) in [5.41, 5.74) is 0. The van der Waals surface area contributed by atoms with Gasteiger partial charge in [-0.25, -0.2) is 0 Å². The molecule has 1 aromatic heterocycles. The molecule has 0 saturated heterocycles. The van der Waals surface area contributed by atoms with Crippen molar-refractivity contribution >= 4 is 17.2 Å². The summed E-state index contributed by atoms with van der Waals surface area (Å²) in [6, 6.07) is 3.73. The highest BCUT2D eigenvalue weighted by atomic mass is 32.1. The summed E-state index contributed by atoms with van der Waals surface area (Å²) in [7, 11) is 0. The number of nitrogens with one attached hydrogen (secondary N) is 1. The third kappa shape index (κ3) is 4.05. The van der Waals surface area contributed by atoms with Gasteiger partial charge < -0.3 is 10.4 Å². The molecule has 0 atom stereocenters. The van der Waals surface area contributed by atoms with Crippen LogP contribution in [0.3, 0.4) is 0 Å². The monoisotopic (exact) mass is 237 g/mol. The normalized spacial score (nSPS) is 9.75. The molecular weight excluding hydrogens is 222 g/mol. The van der Waals surface area contributed by atoms with Crippen LogP contribution in [0.4, 0.5) is 0 Å². The molecule has 0 bridgehead atoms. The molecule has 16 heavy (non-hydrogen) atoms. The molecule has 0 aromatic carbocycles. The number of rotatable bonds is 3. The topological polar surface area (TPSA) is 49.3 Å². The average Bonchev–Trinajstić information content (AvgIpc) is 2.66.